The molecule has 1 heterocycles. The number of aromatic nitrogens is 1. The third-order valence-electron chi connectivity index (χ3n) is 5.14. The summed E-state index contributed by atoms with van der Waals surface area (Å²) >= 11 is 0. The minimum Gasteiger partial charge on any atom is -0.444 e. The van der Waals surface area contributed by atoms with Crippen LogP contribution in [0.2, 0.25) is 0 Å². The molecular formula is C24H29FN4O6. The molecule has 11 heteroatoms. The fourth-order valence-corrected chi connectivity index (χ4v) is 3.39. The molecular weight excluding hydrogens is 459 g/mol. The fourth-order valence-electron chi connectivity index (χ4n) is 3.39. The van der Waals surface area contributed by atoms with Gasteiger partial charge in [0, 0.05) is 12.6 Å². The highest BCUT2D eigenvalue weighted by Gasteiger charge is 2.30. The number of hydrogen-bond donors (Lipinski definition) is 3. The lowest BCUT2D eigenvalue weighted by Gasteiger charge is -2.25. The number of benzene rings is 1. The summed E-state index contributed by atoms with van der Waals surface area (Å²) in [7, 11) is 0. The third-order valence-corrected chi connectivity index (χ3v) is 5.14. The van der Waals surface area contributed by atoms with E-state index in [4.69, 9.17) is 10.5 Å². The first-order valence-corrected chi connectivity index (χ1v) is 11.0. The molecule has 0 aliphatic rings. The number of amides is 3. The zero-order valence-electron chi connectivity index (χ0n) is 19.5. The second kappa shape index (κ2) is 13.0. The van der Waals surface area contributed by atoms with E-state index in [1.165, 1.54) is 18.3 Å². The molecule has 0 radical (unpaired) electrons. The number of primary amides is 1. The van der Waals surface area contributed by atoms with Gasteiger partial charge in [0.05, 0.1) is 6.04 Å². The lowest BCUT2D eigenvalue weighted by molar-refractivity contribution is -0.131. The zero-order valence-corrected chi connectivity index (χ0v) is 19.5. The number of Topliss-reactive ketones (excluding diaryl/α,β-unsaturated/α-hetero) is 1. The number of nitrogens with zero attached hydrogens (tertiary/aromatic N) is 1. The van der Waals surface area contributed by atoms with Gasteiger partial charge in [0.25, 0.3) is 5.56 Å². The van der Waals surface area contributed by atoms with Gasteiger partial charge in [-0.3, -0.25) is 24.5 Å². The number of ketones is 1. The van der Waals surface area contributed by atoms with Gasteiger partial charge in [-0.05, 0) is 30.0 Å². The van der Waals surface area contributed by atoms with Crippen LogP contribution in [0.4, 0.5) is 14.9 Å². The molecule has 10 nitrogen and oxygen atoms in total. The Morgan fingerprint density at radius 2 is 1.77 bits per heavy atom. The van der Waals surface area contributed by atoms with Crippen molar-refractivity contribution in [3.8, 4) is 0 Å². The van der Waals surface area contributed by atoms with Crippen LogP contribution >= 0.6 is 0 Å². The van der Waals surface area contributed by atoms with Crippen molar-refractivity contribution in [1.29, 1.82) is 0 Å². The number of nitrogens with one attached hydrogen (secondary N) is 2. The van der Waals surface area contributed by atoms with Gasteiger partial charge in [0.15, 0.2) is 5.78 Å². The smallest absolute Gasteiger partial charge is 0.412 e. The van der Waals surface area contributed by atoms with Crippen LogP contribution in [-0.2, 0) is 25.7 Å². The molecule has 0 saturated heterocycles. The third kappa shape index (κ3) is 8.05. The number of rotatable bonds is 12. The van der Waals surface area contributed by atoms with Crippen LogP contribution in [0.15, 0.2) is 53.5 Å². The highest BCUT2D eigenvalue weighted by molar-refractivity contribution is 5.91. The molecule has 0 aliphatic heterocycles. The maximum atomic E-state index is 13.0. The number of halogens is 1. The Hall–Kier alpha value is -4.02. The van der Waals surface area contributed by atoms with E-state index in [9.17, 15) is 28.4 Å². The van der Waals surface area contributed by atoms with E-state index in [1.807, 2.05) is 6.07 Å². The molecule has 188 valence electrons. The van der Waals surface area contributed by atoms with Gasteiger partial charge in [-0.25, -0.2) is 9.18 Å². The van der Waals surface area contributed by atoms with Crippen molar-refractivity contribution in [2.24, 2.45) is 11.7 Å². The summed E-state index contributed by atoms with van der Waals surface area (Å²) in [5, 5.41) is 4.79. The number of hydrogen-bond acceptors (Lipinski definition) is 6. The molecule has 0 saturated carbocycles. The summed E-state index contributed by atoms with van der Waals surface area (Å²) in [6, 6.07) is 9.43. The highest BCUT2D eigenvalue weighted by Crippen LogP contribution is 2.18. The molecule has 1 aromatic heterocycles. The zero-order chi connectivity index (χ0) is 26.0. The molecule has 1 aromatic carbocycles. The van der Waals surface area contributed by atoms with E-state index < -0.39 is 53.9 Å². The number of carbonyl (C=O) groups is 4. The van der Waals surface area contributed by atoms with Gasteiger partial charge in [-0.1, -0.05) is 44.2 Å². The van der Waals surface area contributed by atoms with Crippen LogP contribution in [0.3, 0.4) is 0 Å². The summed E-state index contributed by atoms with van der Waals surface area (Å²) in [6.45, 7) is 2.03. The Morgan fingerprint density at radius 1 is 1.09 bits per heavy atom. The quantitative estimate of drug-likeness (QED) is 0.416. The van der Waals surface area contributed by atoms with E-state index in [-0.39, 0.29) is 25.1 Å². The van der Waals surface area contributed by atoms with Gasteiger partial charge in [-0.2, -0.15) is 0 Å². The molecule has 4 N–H and O–H groups in total. The van der Waals surface area contributed by atoms with Crippen LogP contribution in [0, 0.1) is 5.92 Å². The minimum atomic E-state index is -1.33. The predicted octanol–water partition coefficient (Wildman–Crippen LogP) is 2.08. The molecule has 2 unspecified atom stereocenters. The van der Waals surface area contributed by atoms with E-state index in [1.54, 1.807) is 38.1 Å². The van der Waals surface area contributed by atoms with Gasteiger partial charge in [0.2, 0.25) is 11.8 Å². The number of ether oxygens (including phenoxy) is 1. The SMILES string of the molecule is CC(C)C(C(=O)NC(CCC(N)=O)C(=O)CF)n1cccc(NC(=O)OCc2ccccc2)c1=O. The van der Waals surface area contributed by atoms with Gasteiger partial charge >= 0.3 is 6.09 Å². The molecule has 35 heavy (non-hydrogen) atoms. The lowest BCUT2D eigenvalue weighted by atomic mass is 10.0. The summed E-state index contributed by atoms with van der Waals surface area (Å²) in [5.41, 5.74) is 5.06. The molecule has 0 aliphatic carbocycles. The molecule has 2 aromatic rings. The number of pyridine rings is 1. The Bertz CT molecular complexity index is 1100. The van der Waals surface area contributed by atoms with E-state index in [0.717, 1.165) is 10.1 Å². The average molecular weight is 489 g/mol. The molecule has 0 fully saturated rings. The van der Waals surface area contributed by atoms with Crippen LogP contribution in [-0.4, -0.2) is 41.0 Å². The predicted molar refractivity (Wildman–Crippen MR) is 126 cm³/mol. The highest BCUT2D eigenvalue weighted by atomic mass is 19.1. The largest absolute Gasteiger partial charge is 0.444 e. The first-order valence-electron chi connectivity index (χ1n) is 11.0. The first kappa shape index (κ1) is 27.2. The van der Waals surface area contributed by atoms with Crippen LogP contribution in [0.5, 0.6) is 0 Å². The monoisotopic (exact) mass is 488 g/mol. The lowest BCUT2D eigenvalue weighted by Crippen LogP contribution is -2.47. The van der Waals surface area contributed by atoms with Crippen molar-refractivity contribution < 1.29 is 28.3 Å². The Kier molecular flexibility index (Phi) is 10.1. The van der Waals surface area contributed by atoms with E-state index >= 15 is 0 Å². The van der Waals surface area contributed by atoms with Gasteiger partial charge in [-0.15, -0.1) is 0 Å². The molecule has 3 amide bonds. The van der Waals surface area contributed by atoms with E-state index in [0.29, 0.717) is 0 Å². The number of alkyl halides is 1. The second-order valence-corrected chi connectivity index (χ2v) is 8.18. The average Bonchev–Trinajstić information content (AvgIpc) is 2.82. The normalized spacial score (nSPS) is 12.5. The molecule has 0 bridgehead atoms. The topological polar surface area (TPSA) is 150 Å². The molecule has 2 atom stereocenters. The van der Waals surface area contributed by atoms with Crippen molar-refractivity contribution in [3.63, 3.8) is 0 Å². The second-order valence-electron chi connectivity index (χ2n) is 8.18. The van der Waals surface area contributed by atoms with Crippen LogP contribution in [0.1, 0.15) is 38.3 Å². The van der Waals surface area contributed by atoms with Crippen molar-refractivity contribution in [1.82, 2.24) is 9.88 Å². The summed E-state index contributed by atoms with van der Waals surface area (Å²) < 4.78 is 19.2. The minimum absolute atomic E-state index is 0.0000136. The summed E-state index contributed by atoms with van der Waals surface area (Å²) in [4.78, 5) is 61.3. The van der Waals surface area contributed by atoms with Crippen molar-refractivity contribution >= 4 is 29.4 Å². The molecule has 2 rings (SSSR count). The Labute approximate surface area is 201 Å². The number of carbonyl (C=O) groups excluding carboxylic acids is 4. The summed E-state index contributed by atoms with van der Waals surface area (Å²) in [6.07, 6.45) is 0.114. The van der Waals surface area contributed by atoms with Gasteiger partial charge in [0.1, 0.15) is 25.0 Å². The first-order chi connectivity index (χ1) is 16.6. The van der Waals surface area contributed by atoms with Crippen molar-refractivity contribution in [2.75, 3.05) is 12.0 Å². The Morgan fingerprint density at radius 3 is 2.37 bits per heavy atom. The number of anilines is 1. The van der Waals surface area contributed by atoms with Gasteiger partial charge < -0.3 is 20.4 Å². The van der Waals surface area contributed by atoms with Crippen molar-refractivity contribution in [3.05, 3.63) is 64.6 Å². The van der Waals surface area contributed by atoms with E-state index in [2.05, 4.69) is 10.6 Å². The van der Waals surface area contributed by atoms with Crippen LogP contribution in [0.25, 0.3) is 0 Å². The molecule has 0 spiro atoms. The number of nitrogens with two attached hydrogens (primary N) is 1. The Balaban J connectivity index is 2.19. The fraction of sp³-hybridized carbons (Fsp3) is 0.375. The maximum Gasteiger partial charge on any atom is 0.412 e. The summed E-state index contributed by atoms with van der Waals surface area (Å²) in [5.74, 6) is -2.76. The van der Waals surface area contributed by atoms with Crippen LogP contribution < -0.4 is 21.9 Å². The standard InChI is InChI=1S/C24H29FN4O6/c1-15(2)21(22(32)27-17(19(30)13-25)10-11-20(26)31)29-12-6-9-18(23(29)33)28-24(34)35-14-16-7-4-3-5-8-16/h3-9,12,15,17,21H,10-11,13-14H2,1-2H3,(H2,26,31)(H,27,32)(H,28,34). The maximum absolute atomic E-state index is 13.0. The van der Waals surface area contributed by atoms with Crippen molar-refractivity contribution in [2.45, 2.75) is 45.4 Å².